The van der Waals surface area contributed by atoms with Crippen LogP contribution in [0.4, 0.5) is 16.2 Å². The Bertz CT molecular complexity index is 1810. The zero-order valence-corrected chi connectivity index (χ0v) is 25.8. The van der Waals surface area contributed by atoms with Crippen molar-refractivity contribution in [1.82, 2.24) is 5.32 Å². The Labute approximate surface area is 270 Å². The Kier molecular flexibility index (Phi) is 9.45. The number of imide groups is 2. The molecule has 0 aromatic heterocycles. The summed E-state index contributed by atoms with van der Waals surface area (Å²) < 4.78 is 18.0. The zero-order chi connectivity index (χ0) is 32.1. The van der Waals surface area contributed by atoms with E-state index in [2.05, 4.69) is 21.2 Å². The first-order chi connectivity index (χ1) is 21.6. The highest BCUT2D eigenvalue weighted by molar-refractivity contribution is 9.10. The Morgan fingerprint density at radius 2 is 1.53 bits per heavy atom. The maximum absolute atomic E-state index is 13.4. The first kappa shape index (κ1) is 31.2. The molecular formula is C32H23BrClN3O8. The number of non-ortho nitro benzene ring substituents is 1. The third-order valence-electron chi connectivity index (χ3n) is 6.61. The minimum absolute atomic E-state index is 0.0422. The zero-order valence-electron chi connectivity index (χ0n) is 23.5. The molecule has 0 aliphatic carbocycles. The standard InChI is InChI=1S/C32H23BrClN3O8/c1-43-28-16-21(15-27(34)29(28)45-18-20-4-8-24(9-5-20)37(41)42)14-26-30(38)35-32(40)36(31(26)39)23-10-12-25(13-11-23)44-17-19-2-6-22(33)7-3-19/h2-16H,17-18H2,1H3,(H,35,38,40)/b26-14+. The first-order valence-corrected chi connectivity index (χ1v) is 14.4. The van der Waals surface area contributed by atoms with E-state index in [1.165, 1.54) is 37.5 Å². The van der Waals surface area contributed by atoms with Crippen LogP contribution < -0.4 is 24.4 Å². The number of nitrogens with zero attached hydrogens (tertiary/aromatic N) is 2. The number of hydrogen-bond donors (Lipinski definition) is 1. The maximum Gasteiger partial charge on any atom is 0.335 e. The number of carbonyl (C=O) groups excluding carboxylic acids is 3. The van der Waals surface area contributed by atoms with Crippen molar-refractivity contribution < 1.29 is 33.5 Å². The van der Waals surface area contributed by atoms with Gasteiger partial charge in [-0.3, -0.25) is 25.0 Å². The number of ether oxygens (including phenoxy) is 3. The number of halogens is 2. The average molecular weight is 693 g/mol. The highest BCUT2D eigenvalue weighted by atomic mass is 79.9. The van der Waals surface area contributed by atoms with Gasteiger partial charge in [-0.1, -0.05) is 39.7 Å². The summed E-state index contributed by atoms with van der Waals surface area (Å²) in [6.07, 6.45) is 1.29. The van der Waals surface area contributed by atoms with Gasteiger partial charge >= 0.3 is 6.03 Å². The van der Waals surface area contributed by atoms with Crippen molar-refractivity contribution in [2.24, 2.45) is 0 Å². The van der Waals surface area contributed by atoms with E-state index in [4.69, 9.17) is 25.8 Å². The van der Waals surface area contributed by atoms with E-state index in [-0.39, 0.29) is 40.1 Å². The number of methoxy groups -OCH3 is 1. The Morgan fingerprint density at radius 3 is 2.16 bits per heavy atom. The molecule has 1 aliphatic heterocycles. The number of rotatable bonds is 10. The molecule has 4 aromatic carbocycles. The summed E-state index contributed by atoms with van der Waals surface area (Å²) in [5.41, 5.74) is 1.83. The van der Waals surface area contributed by atoms with Gasteiger partial charge < -0.3 is 14.2 Å². The van der Waals surface area contributed by atoms with E-state index < -0.39 is 22.8 Å². The Balaban J connectivity index is 1.32. The predicted octanol–water partition coefficient (Wildman–Crippen LogP) is 6.84. The number of hydrogen-bond acceptors (Lipinski definition) is 8. The second-order valence-corrected chi connectivity index (χ2v) is 10.9. The minimum atomic E-state index is -0.892. The molecule has 0 atom stereocenters. The number of barbiturate groups is 1. The number of carbonyl (C=O) groups is 3. The van der Waals surface area contributed by atoms with Crippen LogP contribution in [0.15, 0.2) is 95.0 Å². The minimum Gasteiger partial charge on any atom is -0.493 e. The number of urea groups is 1. The lowest BCUT2D eigenvalue weighted by molar-refractivity contribution is -0.384. The van der Waals surface area contributed by atoms with Gasteiger partial charge in [0.15, 0.2) is 11.5 Å². The molecule has 1 heterocycles. The van der Waals surface area contributed by atoms with Gasteiger partial charge in [-0.05, 0) is 83.4 Å². The van der Waals surface area contributed by atoms with E-state index in [9.17, 15) is 24.5 Å². The van der Waals surface area contributed by atoms with E-state index in [0.717, 1.165) is 14.9 Å². The number of benzene rings is 4. The molecule has 0 radical (unpaired) electrons. The van der Waals surface area contributed by atoms with Crippen molar-refractivity contribution in [2.45, 2.75) is 13.2 Å². The first-order valence-electron chi connectivity index (χ1n) is 13.3. The number of nitro benzene ring substituents is 1. The highest BCUT2D eigenvalue weighted by Gasteiger charge is 2.37. The lowest BCUT2D eigenvalue weighted by Crippen LogP contribution is -2.54. The van der Waals surface area contributed by atoms with Crippen molar-refractivity contribution in [3.8, 4) is 17.2 Å². The van der Waals surface area contributed by atoms with Gasteiger partial charge in [0.05, 0.1) is 22.7 Å². The summed E-state index contributed by atoms with van der Waals surface area (Å²) in [5.74, 6) is -0.772. The van der Waals surface area contributed by atoms with Crippen LogP contribution >= 0.6 is 27.5 Å². The summed E-state index contributed by atoms with van der Waals surface area (Å²) in [5, 5.41) is 13.2. The van der Waals surface area contributed by atoms with Crippen molar-refractivity contribution in [3.63, 3.8) is 0 Å². The summed E-state index contributed by atoms with van der Waals surface area (Å²) in [6.45, 7) is 0.366. The molecule has 1 aliphatic rings. The quantitative estimate of drug-likeness (QED) is 0.0825. The van der Waals surface area contributed by atoms with Crippen LogP contribution in [0.1, 0.15) is 16.7 Å². The monoisotopic (exact) mass is 691 g/mol. The molecule has 1 saturated heterocycles. The molecule has 45 heavy (non-hydrogen) atoms. The van der Waals surface area contributed by atoms with Gasteiger partial charge in [0, 0.05) is 16.6 Å². The molecule has 4 amide bonds. The van der Waals surface area contributed by atoms with Crippen molar-refractivity contribution in [3.05, 3.63) is 127 Å². The van der Waals surface area contributed by atoms with Crippen LogP contribution in [-0.4, -0.2) is 29.9 Å². The number of nitro groups is 1. The third-order valence-corrected chi connectivity index (χ3v) is 7.42. The SMILES string of the molecule is COc1cc(/C=C2\C(=O)NC(=O)N(c3ccc(OCc4ccc(Br)cc4)cc3)C2=O)cc(Cl)c1OCc1ccc([N+](=O)[O-])cc1. The van der Waals surface area contributed by atoms with Crippen molar-refractivity contribution in [1.29, 1.82) is 0 Å². The van der Waals surface area contributed by atoms with Crippen LogP contribution in [0.3, 0.4) is 0 Å². The van der Waals surface area contributed by atoms with E-state index in [1.54, 1.807) is 36.4 Å². The summed E-state index contributed by atoms with van der Waals surface area (Å²) in [4.78, 5) is 50.1. The van der Waals surface area contributed by atoms with E-state index in [0.29, 0.717) is 23.5 Å². The van der Waals surface area contributed by atoms with Crippen LogP contribution in [0.25, 0.3) is 6.08 Å². The highest BCUT2D eigenvalue weighted by Crippen LogP contribution is 2.38. The van der Waals surface area contributed by atoms with Crippen molar-refractivity contribution in [2.75, 3.05) is 12.0 Å². The Hall–Kier alpha value is -5.20. The molecule has 0 saturated carbocycles. The smallest absolute Gasteiger partial charge is 0.335 e. The summed E-state index contributed by atoms with van der Waals surface area (Å²) in [6, 6.07) is 21.9. The predicted molar refractivity (Wildman–Crippen MR) is 169 cm³/mol. The van der Waals surface area contributed by atoms with Crippen LogP contribution in [0.2, 0.25) is 5.02 Å². The number of anilines is 1. The molecule has 11 nitrogen and oxygen atoms in total. The molecule has 0 spiro atoms. The number of amides is 4. The van der Waals surface area contributed by atoms with Crippen molar-refractivity contribution >= 4 is 62.8 Å². The fourth-order valence-corrected chi connectivity index (χ4v) is 4.87. The second kappa shape index (κ2) is 13.6. The normalized spacial score (nSPS) is 13.9. The topological polar surface area (TPSA) is 137 Å². The van der Waals surface area contributed by atoms with Crippen LogP contribution in [-0.2, 0) is 22.8 Å². The van der Waals surface area contributed by atoms with Gasteiger partial charge in [-0.2, -0.15) is 0 Å². The summed E-state index contributed by atoms with van der Waals surface area (Å²) >= 11 is 9.87. The maximum atomic E-state index is 13.4. The van der Waals surface area contributed by atoms with Gasteiger partial charge in [-0.25, -0.2) is 9.69 Å². The lowest BCUT2D eigenvalue weighted by atomic mass is 10.1. The Morgan fingerprint density at radius 1 is 0.911 bits per heavy atom. The lowest BCUT2D eigenvalue weighted by Gasteiger charge is -2.26. The molecule has 5 rings (SSSR count). The molecule has 1 N–H and O–H groups in total. The summed E-state index contributed by atoms with van der Waals surface area (Å²) in [7, 11) is 1.40. The third kappa shape index (κ3) is 7.31. The number of nitrogens with one attached hydrogen (secondary N) is 1. The molecular weight excluding hydrogens is 670 g/mol. The average Bonchev–Trinajstić information content (AvgIpc) is 3.02. The van der Waals surface area contributed by atoms with Gasteiger partial charge in [0.25, 0.3) is 17.5 Å². The van der Waals surface area contributed by atoms with Gasteiger partial charge in [-0.15, -0.1) is 0 Å². The second-order valence-electron chi connectivity index (χ2n) is 9.61. The van der Waals surface area contributed by atoms with Crippen LogP contribution in [0, 0.1) is 10.1 Å². The molecule has 4 aromatic rings. The molecule has 228 valence electrons. The van der Waals surface area contributed by atoms with E-state index >= 15 is 0 Å². The molecule has 0 unspecified atom stereocenters. The van der Waals surface area contributed by atoms with Gasteiger partial charge in [0.1, 0.15) is 24.5 Å². The fraction of sp³-hybridized carbons (Fsp3) is 0.0938. The molecule has 1 fully saturated rings. The fourth-order valence-electron chi connectivity index (χ4n) is 4.33. The van der Waals surface area contributed by atoms with E-state index in [1.807, 2.05) is 24.3 Å². The molecule has 13 heteroatoms. The van der Waals surface area contributed by atoms with Crippen LogP contribution in [0.5, 0.6) is 17.2 Å². The molecule has 0 bridgehead atoms. The largest absolute Gasteiger partial charge is 0.493 e. The van der Waals surface area contributed by atoms with Gasteiger partial charge in [0.2, 0.25) is 0 Å².